The number of hydrogen-bond acceptors (Lipinski definition) is 1. The van der Waals surface area contributed by atoms with E-state index in [9.17, 15) is 13.9 Å². The Hall–Kier alpha value is -0.970. The van der Waals surface area contributed by atoms with E-state index in [2.05, 4.69) is 15.9 Å². The van der Waals surface area contributed by atoms with Crippen molar-refractivity contribution in [2.45, 2.75) is 12.5 Å². The SMILES string of the molecule is OC(Cc1c(F)cccc1F)c1ccc(Br)cc1Cl. The number of aliphatic hydroxyl groups is 1. The number of benzene rings is 2. The fourth-order valence-corrected chi connectivity index (χ4v) is 2.60. The molecule has 2 aromatic rings. The fourth-order valence-electron chi connectivity index (χ4n) is 1.80. The first-order valence-corrected chi connectivity index (χ1v) is 6.72. The molecule has 0 aromatic heterocycles. The molecule has 1 atom stereocenters. The van der Waals surface area contributed by atoms with Crippen LogP contribution in [0.1, 0.15) is 17.2 Å². The second kappa shape index (κ2) is 5.99. The third kappa shape index (κ3) is 3.32. The van der Waals surface area contributed by atoms with Crippen molar-refractivity contribution in [1.82, 2.24) is 0 Å². The largest absolute Gasteiger partial charge is 0.388 e. The zero-order valence-electron chi connectivity index (χ0n) is 9.71. The Balaban J connectivity index is 2.28. The lowest BCUT2D eigenvalue weighted by atomic mass is 10.0. The Bertz CT molecular complexity index is 584. The molecule has 0 saturated heterocycles. The molecule has 2 aromatic carbocycles. The van der Waals surface area contributed by atoms with Crippen LogP contribution in [0, 0.1) is 11.6 Å². The number of rotatable bonds is 3. The fraction of sp³-hybridized carbons (Fsp3) is 0.143. The van der Waals surface area contributed by atoms with Gasteiger partial charge in [0.05, 0.1) is 6.10 Å². The summed E-state index contributed by atoms with van der Waals surface area (Å²) in [7, 11) is 0. The van der Waals surface area contributed by atoms with E-state index in [1.165, 1.54) is 6.07 Å². The van der Waals surface area contributed by atoms with Crippen LogP contribution in [0.2, 0.25) is 5.02 Å². The molecule has 19 heavy (non-hydrogen) atoms. The Kier molecular flexibility index (Phi) is 4.55. The highest BCUT2D eigenvalue weighted by atomic mass is 79.9. The van der Waals surface area contributed by atoms with Gasteiger partial charge in [0.1, 0.15) is 11.6 Å². The maximum absolute atomic E-state index is 13.5. The zero-order chi connectivity index (χ0) is 14.0. The Labute approximate surface area is 123 Å². The van der Waals surface area contributed by atoms with Gasteiger partial charge in [0.25, 0.3) is 0 Å². The minimum Gasteiger partial charge on any atom is -0.388 e. The van der Waals surface area contributed by atoms with Gasteiger partial charge in [-0.25, -0.2) is 8.78 Å². The van der Waals surface area contributed by atoms with Crippen LogP contribution >= 0.6 is 27.5 Å². The van der Waals surface area contributed by atoms with Crippen LogP contribution in [-0.2, 0) is 6.42 Å². The van der Waals surface area contributed by atoms with E-state index in [0.29, 0.717) is 10.6 Å². The first kappa shape index (κ1) is 14.4. The smallest absolute Gasteiger partial charge is 0.129 e. The minimum absolute atomic E-state index is 0.144. The molecule has 0 aliphatic carbocycles. The molecule has 0 radical (unpaired) electrons. The molecule has 100 valence electrons. The molecule has 0 saturated carbocycles. The summed E-state index contributed by atoms with van der Waals surface area (Å²) in [6.45, 7) is 0. The van der Waals surface area contributed by atoms with Crippen molar-refractivity contribution in [2.24, 2.45) is 0 Å². The summed E-state index contributed by atoms with van der Waals surface area (Å²) < 4.78 is 27.8. The van der Waals surface area contributed by atoms with E-state index in [1.54, 1.807) is 18.2 Å². The number of halogens is 4. The molecular weight excluding hydrogens is 338 g/mol. The molecule has 0 fully saturated rings. The van der Waals surface area contributed by atoms with E-state index >= 15 is 0 Å². The van der Waals surface area contributed by atoms with Crippen molar-refractivity contribution in [2.75, 3.05) is 0 Å². The molecule has 1 unspecified atom stereocenters. The summed E-state index contributed by atoms with van der Waals surface area (Å²) in [5, 5.41) is 10.4. The zero-order valence-corrected chi connectivity index (χ0v) is 12.0. The molecule has 1 nitrogen and oxygen atoms in total. The van der Waals surface area contributed by atoms with Crippen molar-refractivity contribution >= 4 is 27.5 Å². The van der Waals surface area contributed by atoms with Gasteiger partial charge in [0.15, 0.2) is 0 Å². The van der Waals surface area contributed by atoms with Crippen molar-refractivity contribution in [1.29, 1.82) is 0 Å². The molecular formula is C14H10BrClF2O. The third-order valence-electron chi connectivity index (χ3n) is 2.78. The van der Waals surface area contributed by atoms with Gasteiger partial charge in [-0.3, -0.25) is 0 Å². The third-order valence-corrected chi connectivity index (χ3v) is 3.60. The second-order valence-corrected chi connectivity index (χ2v) is 5.41. The molecule has 0 aliphatic heterocycles. The lowest BCUT2D eigenvalue weighted by Gasteiger charge is -2.14. The van der Waals surface area contributed by atoms with Crippen molar-refractivity contribution in [3.8, 4) is 0 Å². The van der Waals surface area contributed by atoms with Crippen LogP contribution in [-0.4, -0.2) is 5.11 Å². The summed E-state index contributed by atoms with van der Waals surface area (Å²) in [4.78, 5) is 0. The van der Waals surface area contributed by atoms with Crippen LogP contribution in [0.25, 0.3) is 0 Å². The van der Waals surface area contributed by atoms with E-state index < -0.39 is 17.7 Å². The molecule has 1 N–H and O–H groups in total. The van der Waals surface area contributed by atoms with E-state index in [4.69, 9.17) is 11.6 Å². The second-order valence-electron chi connectivity index (χ2n) is 4.09. The van der Waals surface area contributed by atoms with Crippen LogP contribution in [0.15, 0.2) is 40.9 Å². The van der Waals surface area contributed by atoms with Gasteiger partial charge in [-0.2, -0.15) is 0 Å². The van der Waals surface area contributed by atoms with Gasteiger partial charge in [0.2, 0.25) is 0 Å². The van der Waals surface area contributed by atoms with Crippen LogP contribution < -0.4 is 0 Å². The average Bonchev–Trinajstić information content (AvgIpc) is 2.33. The molecule has 0 heterocycles. The van der Waals surface area contributed by atoms with Gasteiger partial charge in [-0.1, -0.05) is 39.7 Å². The maximum atomic E-state index is 13.5. The van der Waals surface area contributed by atoms with E-state index in [-0.39, 0.29) is 12.0 Å². The molecule has 2 rings (SSSR count). The normalized spacial score (nSPS) is 12.5. The van der Waals surface area contributed by atoms with E-state index in [1.807, 2.05) is 0 Å². The number of hydrogen-bond donors (Lipinski definition) is 1. The lowest BCUT2D eigenvalue weighted by Crippen LogP contribution is -2.06. The molecule has 0 amide bonds. The summed E-state index contributed by atoms with van der Waals surface area (Å²) in [5.41, 5.74) is 0.293. The van der Waals surface area contributed by atoms with Crippen molar-refractivity contribution in [3.05, 3.63) is 68.7 Å². The summed E-state index contributed by atoms with van der Waals surface area (Å²) in [5.74, 6) is -1.35. The lowest BCUT2D eigenvalue weighted by molar-refractivity contribution is 0.175. The topological polar surface area (TPSA) is 20.2 Å². The molecule has 0 aliphatic rings. The highest BCUT2D eigenvalue weighted by Crippen LogP contribution is 2.29. The van der Waals surface area contributed by atoms with Gasteiger partial charge in [-0.05, 0) is 29.8 Å². The Morgan fingerprint density at radius 2 is 1.79 bits per heavy atom. The highest BCUT2D eigenvalue weighted by molar-refractivity contribution is 9.10. The average molecular weight is 348 g/mol. The van der Waals surface area contributed by atoms with Gasteiger partial charge in [-0.15, -0.1) is 0 Å². The van der Waals surface area contributed by atoms with Gasteiger partial charge >= 0.3 is 0 Å². The van der Waals surface area contributed by atoms with Crippen LogP contribution in [0.3, 0.4) is 0 Å². The Morgan fingerprint density at radius 1 is 1.16 bits per heavy atom. The summed E-state index contributed by atoms with van der Waals surface area (Å²) in [6, 6.07) is 8.56. The molecule has 5 heteroatoms. The van der Waals surface area contributed by atoms with E-state index in [0.717, 1.165) is 16.6 Å². The Morgan fingerprint density at radius 3 is 2.37 bits per heavy atom. The quantitative estimate of drug-likeness (QED) is 0.856. The molecule has 0 spiro atoms. The standard InChI is InChI=1S/C14H10BrClF2O/c15-8-4-5-9(11(16)6-8)14(19)7-10-12(17)2-1-3-13(10)18/h1-6,14,19H,7H2. The summed E-state index contributed by atoms with van der Waals surface area (Å²) in [6.07, 6.45) is -1.23. The highest BCUT2D eigenvalue weighted by Gasteiger charge is 2.17. The van der Waals surface area contributed by atoms with Crippen molar-refractivity contribution < 1.29 is 13.9 Å². The van der Waals surface area contributed by atoms with Gasteiger partial charge < -0.3 is 5.11 Å². The predicted molar refractivity (Wildman–Crippen MR) is 74.2 cm³/mol. The first-order chi connectivity index (χ1) is 8.99. The first-order valence-electron chi connectivity index (χ1n) is 5.55. The molecule has 0 bridgehead atoms. The predicted octanol–water partition coefficient (Wildman–Crippen LogP) is 4.66. The summed E-state index contributed by atoms with van der Waals surface area (Å²) >= 11 is 9.24. The minimum atomic E-state index is -1.06. The maximum Gasteiger partial charge on any atom is 0.129 e. The monoisotopic (exact) mass is 346 g/mol. The number of aliphatic hydroxyl groups excluding tert-OH is 1. The van der Waals surface area contributed by atoms with Crippen LogP contribution in [0.4, 0.5) is 8.78 Å². The van der Waals surface area contributed by atoms with Crippen LogP contribution in [0.5, 0.6) is 0 Å². The van der Waals surface area contributed by atoms with Gasteiger partial charge in [0, 0.05) is 21.5 Å². The van der Waals surface area contributed by atoms with Crippen molar-refractivity contribution in [3.63, 3.8) is 0 Å².